The molecule has 0 radical (unpaired) electrons. The Hall–Kier alpha value is -2.77. The molecule has 1 amide bonds. The number of nitrogens with zero attached hydrogens (tertiary/aromatic N) is 4. The van der Waals surface area contributed by atoms with Crippen LogP contribution in [-0.2, 0) is 4.74 Å². The fourth-order valence-electron chi connectivity index (χ4n) is 3.77. The van der Waals surface area contributed by atoms with E-state index in [9.17, 15) is 4.79 Å². The van der Waals surface area contributed by atoms with E-state index in [1.807, 2.05) is 54.9 Å². The van der Waals surface area contributed by atoms with Crippen LogP contribution in [0.25, 0.3) is 16.7 Å². The van der Waals surface area contributed by atoms with Crippen LogP contribution in [-0.4, -0.2) is 65.0 Å². The number of hydrogen-bond donors (Lipinski definition) is 1. The second kappa shape index (κ2) is 8.71. The molecule has 3 aromatic rings. The molecule has 0 aliphatic carbocycles. The van der Waals surface area contributed by atoms with E-state index in [2.05, 4.69) is 20.3 Å². The van der Waals surface area contributed by atoms with E-state index in [-0.39, 0.29) is 5.91 Å². The van der Waals surface area contributed by atoms with Crippen LogP contribution in [0.15, 0.2) is 36.4 Å². The minimum absolute atomic E-state index is 0.0711. The molecule has 1 aliphatic heterocycles. The number of fused-ring (bicyclic) bond motifs is 1. The lowest BCUT2D eigenvalue weighted by Crippen LogP contribution is -2.38. The molecular weight excluding hydrogens is 366 g/mol. The van der Waals surface area contributed by atoms with E-state index in [1.165, 1.54) is 0 Å². The summed E-state index contributed by atoms with van der Waals surface area (Å²) < 4.78 is 7.19. The van der Waals surface area contributed by atoms with Crippen LogP contribution in [0.4, 0.5) is 0 Å². The Balaban J connectivity index is 1.52. The average molecular weight is 393 g/mol. The van der Waals surface area contributed by atoms with Crippen molar-refractivity contribution in [3.05, 3.63) is 53.3 Å². The lowest BCUT2D eigenvalue weighted by atomic mass is 10.1. The fourth-order valence-corrected chi connectivity index (χ4v) is 3.77. The number of aryl methyl sites for hydroxylation is 2. The van der Waals surface area contributed by atoms with Crippen molar-refractivity contribution in [1.82, 2.24) is 25.0 Å². The summed E-state index contributed by atoms with van der Waals surface area (Å²) in [5.41, 5.74) is 3.88. The van der Waals surface area contributed by atoms with Crippen LogP contribution in [0, 0.1) is 13.8 Å². The van der Waals surface area contributed by atoms with Gasteiger partial charge in [-0.2, -0.15) is 5.10 Å². The Morgan fingerprint density at radius 2 is 1.93 bits per heavy atom. The molecule has 1 fully saturated rings. The number of aromatic nitrogens is 3. The maximum Gasteiger partial charge on any atom is 0.252 e. The average Bonchev–Trinajstić information content (AvgIpc) is 3.08. The maximum absolute atomic E-state index is 13.0. The molecule has 0 atom stereocenters. The first-order valence-corrected chi connectivity index (χ1v) is 10.1. The summed E-state index contributed by atoms with van der Waals surface area (Å²) in [6, 6.07) is 11.7. The van der Waals surface area contributed by atoms with Crippen LogP contribution in [0.5, 0.6) is 0 Å². The molecule has 3 heterocycles. The molecule has 1 saturated heterocycles. The smallest absolute Gasteiger partial charge is 0.252 e. The number of nitrogens with one attached hydrogen (secondary N) is 1. The van der Waals surface area contributed by atoms with Crippen molar-refractivity contribution < 1.29 is 9.53 Å². The van der Waals surface area contributed by atoms with Crippen molar-refractivity contribution in [2.75, 3.05) is 39.4 Å². The first-order valence-electron chi connectivity index (χ1n) is 10.1. The molecule has 0 spiro atoms. The number of carbonyl (C=O) groups is 1. The Bertz CT molecular complexity index is 993. The van der Waals surface area contributed by atoms with Gasteiger partial charge in [0.1, 0.15) is 0 Å². The van der Waals surface area contributed by atoms with E-state index in [0.29, 0.717) is 17.8 Å². The normalized spacial score (nSPS) is 15.0. The van der Waals surface area contributed by atoms with Gasteiger partial charge in [0.2, 0.25) is 0 Å². The van der Waals surface area contributed by atoms with Gasteiger partial charge in [0.05, 0.1) is 35.5 Å². The van der Waals surface area contributed by atoms with Crippen molar-refractivity contribution in [1.29, 1.82) is 0 Å². The number of morpholine rings is 1. The third-order valence-corrected chi connectivity index (χ3v) is 5.23. The highest BCUT2D eigenvalue weighted by Crippen LogP contribution is 2.24. The molecule has 7 heteroatoms. The molecule has 4 rings (SSSR count). The van der Waals surface area contributed by atoms with E-state index in [4.69, 9.17) is 4.74 Å². The highest BCUT2D eigenvalue weighted by Gasteiger charge is 2.19. The van der Waals surface area contributed by atoms with Crippen molar-refractivity contribution in [3.63, 3.8) is 0 Å². The van der Waals surface area contributed by atoms with Crippen molar-refractivity contribution in [2.45, 2.75) is 20.3 Å². The lowest BCUT2D eigenvalue weighted by molar-refractivity contribution is 0.0374. The van der Waals surface area contributed by atoms with Crippen molar-refractivity contribution >= 4 is 16.9 Å². The van der Waals surface area contributed by atoms with Crippen LogP contribution in [0.2, 0.25) is 0 Å². The van der Waals surface area contributed by atoms with E-state index >= 15 is 0 Å². The van der Waals surface area contributed by atoms with E-state index in [1.54, 1.807) is 0 Å². The van der Waals surface area contributed by atoms with Gasteiger partial charge in [-0.3, -0.25) is 9.69 Å². The number of ether oxygens (including phenoxy) is 1. The van der Waals surface area contributed by atoms with Gasteiger partial charge in [-0.15, -0.1) is 0 Å². The fraction of sp³-hybridized carbons (Fsp3) is 0.409. The number of hydrogen-bond acceptors (Lipinski definition) is 5. The summed E-state index contributed by atoms with van der Waals surface area (Å²) in [6.45, 7) is 8.98. The lowest BCUT2D eigenvalue weighted by Gasteiger charge is -2.26. The SMILES string of the molecule is Cc1cc(C(=O)NCCCN2CCOCC2)c2c(C)nn(-c3ccccc3)c2n1. The predicted octanol–water partition coefficient (Wildman–Crippen LogP) is 2.49. The van der Waals surface area contributed by atoms with Crippen molar-refractivity contribution in [2.24, 2.45) is 0 Å². The van der Waals surface area contributed by atoms with Crippen LogP contribution < -0.4 is 5.32 Å². The van der Waals surface area contributed by atoms with E-state index in [0.717, 1.165) is 61.7 Å². The molecule has 1 aromatic carbocycles. The Morgan fingerprint density at radius 1 is 1.17 bits per heavy atom. The highest BCUT2D eigenvalue weighted by molar-refractivity contribution is 6.06. The summed E-state index contributed by atoms with van der Waals surface area (Å²) in [7, 11) is 0. The number of para-hydroxylation sites is 1. The zero-order valence-corrected chi connectivity index (χ0v) is 17.0. The second-order valence-electron chi connectivity index (χ2n) is 7.41. The molecule has 1 N–H and O–H groups in total. The molecule has 0 saturated carbocycles. The number of rotatable bonds is 6. The van der Waals surface area contributed by atoms with Gasteiger partial charge in [0.25, 0.3) is 5.91 Å². The molecule has 2 aromatic heterocycles. The summed E-state index contributed by atoms with van der Waals surface area (Å²) in [6.07, 6.45) is 0.918. The van der Waals surface area contributed by atoms with Gasteiger partial charge in [0, 0.05) is 25.3 Å². The standard InChI is InChI=1S/C22H27N5O2/c1-16-15-19(22(28)23-9-6-10-26-11-13-29-14-12-26)20-17(2)25-27(21(20)24-16)18-7-4-3-5-8-18/h3-5,7-8,15H,6,9-14H2,1-2H3,(H,23,28). The third kappa shape index (κ3) is 4.31. The van der Waals surface area contributed by atoms with Crippen LogP contribution in [0.3, 0.4) is 0 Å². The van der Waals surface area contributed by atoms with Gasteiger partial charge < -0.3 is 10.1 Å². The first-order chi connectivity index (χ1) is 14.1. The number of amides is 1. The molecule has 29 heavy (non-hydrogen) atoms. The molecule has 152 valence electrons. The summed E-state index contributed by atoms with van der Waals surface area (Å²) in [4.78, 5) is 20.0. The van der Waals surface area contributed by atoms with Gasteiger partial charge in [-0.05, 0) is 45.0 Å². The summed E-state index contributed by atoms with van der Waals surface area (Å²) in [5, 5.41) is 8.54. The van der Waals surface area contributed by atoms with Gasteiger partial charge in [0.15, 0.2) is 5.65 Å². The van der Waals surface area contributed by atoms with Crippen LogP contribution >= 0.6 is 0 Å². The minimum atomic E-state index is -0.0711. The largest absolute Gasteiger partial charge is 0.379 e. The zero-order chi connectivity index (χ0) is 20.2. The Kier molecular flexibility index (Phi) is 5.87. The molecule has 0 bridgehead atoms. The Labute approximate surface area is 170 Å². The molecule has 1 aliphatic rings. The van der Waals surface area contributed by atoms with E-state index < -0.39 is 0 Å². The first kappa shape index (κ1) is 19.5. The maximum atomic E-state index is 13.0. The predicted molar refractivity (Wildman–Crippen MR) is 113 cm³/mol. The third-order valence-electron chi connectivity index (χ3n) is 5.23. The Morgan fingerprint density at radius 3 is 2.69 bits per heavy atom. The van der Waals surface area contributed by atoms with Crippen molar-refractivity contribution in [3.8, 4) is 5.69 Å². The molecular formula is C22H27N5O2. The van der Waals surface area contributed by atoms with Gasteiger partial charge >= 0.3 is 0 Å². The number of benzene rings is 1. The minimum Gasteiger partial charge on any atom is -0.379 e. The molecule has 7 nitrogen and oxygen atoms in total. The summed E-state index contributed by atoms with van der Waals surface area (Å²) in [5.74, 6) is -0.0711. The molecule has 0 unspecified atom stereocenters. The van der Waals surface area contributed by atoms with Crippen LogP contribution in [0.1, 0.15) is 28.2 Å². The quantitative estimate of drug-likeness (QED) is 0.652. The number of carbonyl (C=O) groups excluding carboxylic acids is 1. The van der Waals surface area contributed by atoms with Gasteiger partial charge in [-0.1, -0.05) is 18.2 Å². The number of pyridine rings is 1. The topological polar surface area (TPSA) is 72.3 Å². The zero-order valence-electron chi connectivity index (χ0n) is 17.0. The highest BCUT2D eigenvalue weighted by atomic mass is 16.5. The monoisotopic (exact) mass is 393 g/mol. The van der Waals surface area contributed by atoms with Gasteiger partial charge in [-0.25, -0.2) is 9.67 Å². The second-order valence-corrected chi connectivity index (χ2v) is 7.41. The summed E-state index contributed by atoms with van der Waals surface area (Å²) >= 11 is 0.